The van der Waals surface area contributed by atoms with Gasteiger partial charge in [0.1, 0.15) is 5.82 Å². The summed E-state index contributed by atoms with van der Waals surface area (Å²) in [7, 11) is 2.04. The van der Waals surface area contributed by atoms with Crippen molar-refractivity contribution in [1.29, 1.82) is 0 Å². The van der Waals surface area contributed by atoms with Crippen molar-refractivity contribution in [2.45, 2.75) is 32.4 Å². The molecule has 3 aromatic rings. The minimum atomic E-state index is 0.469. The minimum Gasteiger partial charge on any atom is -0.330 e. The highest BCUT2D eigenvalue weighted by molar-refractivity contribution is 5.55. The monoisotopic (exact) mass is 332 g/mol. The van der Waals surface area contributed by atoms with Gasteiger partial charge in [0.25, 0.3) is 0 Å². The van der Waals surface area contributed by atoms with Crippen LogP contribution in [0.2, 0.25) is 0 Å². The molecule has 1 aliphatic heterocycles. The summed E-state index contributed by atoms with van der Waals surface area (Å²) in [5.41, 5.74) is 4.82. The fourth-order valence-electron chi connectivity index (χ4n) is 3.75. The molecule has 25 heavy (non-hydrogen) atoms. The van der Waals surface area contributed by atoms with Gasteiger partial charge in [-0.2, -0.15) is 0 Å². The van der Waals surface area contributed by atoms with Crippen LogP contribution in [-0.4, -0.2) is 26.0 Å². The van der Waals surface area contributed by atoms with Crippen molar-refractivity contribution in [3.8, 4) is 11.4 Å². The summed E-state index contributed by atoms with van der Waals surface area (Å²) in [6, 6.07) is 15.6. The zero-order chi connectivity index (χ0) is 17.2. The van der Waals surface area contributed by atoms with Gasteiger partial charge in [0.15, 0.2) is 0 Å². The van der Waals surface area contributed by atoms with E-state index in [9.17, 15) is 0 Å². The van der Waals surface area contributed by atoms with Gasteiger partial charge in [0, 0.05) is 25.8 Å². The highest BCUT2D eigenvalue weighted by Crippen LogP contribution is 2.34. The van der Waals surface area contributed by atoms with Crippen molar-refractivity contribution >= 4 is 0 Å². The van der Waals surface area contributed by atoms with E-state index in [1.165, 1.54) is 24.0 Å². The van der Waals surface area contributed by atoms with Gasteiger partial charge in [0.05, 0.1) is 17.6 Å². The lowest BCUT2D eigenvalue weighted by Crippen LogP contribution is -2.22. The third kappa shape index (κ3) is 3.22. The lowest BCUT2D eigenvalue weighted by Gasteiger charge is -2.25. The number of imidazole rings is 1. The van der Waals surface area contributed by atoms with Crippen molar-refractivity contribution in [3.05, 3.63) is 71.8 Å². The molecule has 2 aromatic heterocycles. The quantitative estimate of drug-likeness (QED) is 0.720. The number of hydrogen-bond donors (Lipinski definition) is 0. The lowest BCUT2D eigenvalue weighted by molar-refractivity contribution is 0.248. The third-order valence-electron chi connectivity index (χ3n) is 5.24. The Morgan fingerprint density at radius 2 is 1.96 bits per heavy atom. The van der Waals surface area contributed by atoms with Crippen molar-refractivity contribution in [2.75, 3.05) is 6.54 Å². The highest BCUT2D eigenvalue weighted by Gasteiger charge is 2.26. The summed E-state index contributed by atoms with van der Waals surface area (Å²) in [6.07, 6.45) is 6.31. The summed E-state index contributed by atoms with van der Waals surface area (Å²) < 4.78 is 2.10. The Bertz CT molecular complexity index is 853. The fourth-order valence-corrected chi connectivity index (χ4v) is 3.75. The number of aromatic nitrogens is 3. The number of pyridine rings is 1. The molecule has 0 spiro atoms. The van der Waals surface area contributed by atoms with Gasteiger partial charge in [-0.05, 0) is 49.6 Å². The second-order valence-electron chi connectivity index (χ2n) is 6.84. The number of benzene rings is 1. The molecule has 0 bridgehead atoms. The molecule has 1 atom stereocenters. The van der Waals surface area contributed by atoms with Crippen LogP contribution >= 0.6 is 0 Å². The molecule has 1 aliphatic rings. The molecule has 0 radical (unpaired) electrons. The van der Waals surface area contributed by atoms with Crippen LogP contribution in [0.1, 0.15) is 35.8 Å². The highest BCUT2D eigenvalue weighted by atomic mass is 15.2. The lowest BCUT2D eigenvalue weighted by atomic mass is 10.0. The first-order valence-electron chi connectivity index (χ1n) is 8.95. The van der Waals surface area contributed by atoms with Crippen LogP contribution in [0, 0.1) is 6.92 Å². The van der Waals surface area contributed by atoms with Gasteiger partial charge in [-0.15, -0.1) is 0 Å². The molecular formula is C21H24N4. The van der Waals surface area contributed by atoms with Crippen LogP contribution < -0.4 is 0 Å². The van der Waals surface area contributed by atoms with Crippen LogP contribution in [0.15, 0.2) is 54.9 Å². The number of aryl methyl sites for hydroxylation is 1. The summed E-state index contributed by atoms with van der Waals surface area (Å²) in [4.78, 5) is 11.6. The maximum atomic E-state index is 4.58. The Morgan fingerprint density at radius 3 is 2.72 bits per heavy atom. The molecule has 4 nitrogen and oxygen atoms in total. The molecule has 1 fully saturated rings. The zero-order valence-corrected chi connectivity index (χ0v) is 14.9. The Kier molecular flexibility index (Phi) is 4.36. The zero-order valence-electron chi connectivity index (χ0n) is 14.9. The molecule has 1 saturated heterocycles. The van der Waals surface area contributed by atoms with Gasteiger partial charge < -0.3 is 4.57 Å². The van der Waals surface area contributed by atoms with Crippen LogP contribution in [-0.2, 0) is 13.6 Å². The number of rotatable bonds is 4. The first-order chi connectivity index (χ1) is 12.2. The summed E-state index contributed by atoms with van der Waals surface area (Å²) in [6.45, 7) is 4.18. The molecular weight excluding hydrogens is 308 g/mol. The molecule has 0 saturated carbocycles. The van der Waals surface area contributed by atoms with Gasteiger partial charge in [-0.1, -0.05) is 30.3 Å². The van der Waals surface area contributed by atoms with Crippen LogP contribution in [0.25, 0.3) is 11.4 Å². The van der Waals surface area contributed by atoms with E-state index < -0.39 is 0 Å². The van der Waals surface area contributed by atoms with Crippen molar-refractivity contribution in [1.82, 2.24) is 19.4 Å². The summed E-state index contributed by atoms with van der Waals surface area (Å²) >= 11 is 0. The van der Waals surface area contributed by atoms with Crippen molar-refractivity contribution < 1.29 is 0 Å². The Hall–Kier alpha value is -2.46. The SMILES string of the molecule is Cc1ncc(-c2cc(C3CCCN3Cc3ccccc3)ccn2)n1C. The Balaban J connectivity index is 1.60. The molecule has 128 valence electrons. The van der Waals surface area contributed by atoms with Gasteiger partial charge in [0.2, 0.25) is 0 Å². The molecule has 1 unspecified atom stereocenters. The number of hydrogen-bond acceptors (Lipinski definition) is 3. The molecule has 4 heteroatoms. The van der Waals surface area contributed by atoms with E-state index in [0.717, 1.165) is 30.3 Å². The van der Waals surface area contributed by atoms with E-state index in [0.29, 0.717) is 6.04 Å². The van der Waals surface area contributed by atoms with Crippen molar-refractivity contribution in [3.63, 3.8) is 0 Å². The van der Waals surface area contributed by atoms with Gasteiger partial charge in [-0.25, -0.2) is 4.98 Å². The normalized spacial score (nSPS) is 17.9. The molecule has 1 aromatic carbocycles. The maximum Gasteiger partial charge on any atom is 0.105 e. The van der Waals surface area contributed by atoms with Crippen LogP contribution in [0.4, 0.5) is 0 Å². The topological polar surface area (TPSA) is 34.0 Å². The predicted molar refractivity (Wildman–Crippen MR) is 100 cm³/mol. The molecule has 3 heterocycles. The van der Waals surface area contributed by atoms with Crippen molar-refractivity contribution in [2.24, 2.45) is 7.05 Å². The standard InChI is InChI=1S/C21H24N4/c1-16-23-14-21(24(16)2)19-13-18(10-11-22-19)20-9-6-12-25(20)15-17-7-4-3-5-8-17/h3-5,7-8,10-11,13-14,20H,6,9,12,15H2,1-2H3. The maximum absolute atomic E-state index is 4.58. The average molecular weight is 332 g/mol. The predicted octanol–water partition coefficient (Wildman–Crippen LogP) is 4.13. The molecule has 0 N–H and O–H groups in total. The molecule has 4 rings (SSSR count). The van der Waals surface area contributed by atoms with Crippen LogP contribution in [0.3, 0.4) is 0 Å². The van der Waals surface area contributed by atoms with E-state index in [2.05, 4.69) is 61.9 Å². The Labute approximate surface area is 149 Å². The van der Waals surface area contributed by atoms with E-state index in [4.69, 9.17) is 0 Å². The van der Waals surface area contributed by atoms with E-state index >= 15 is 0 Å². The third-order valence-corrected chi connectivity index (χ3v) is 5.24. The van der Waals surface area contributed by atoms with E-state index in [1.807, 2.05) is 26.4 Å². The first-order valence-corrected chi connectivity index (χ1v) is 8.95. The first kappa shape index (κ1) is 16.0. The summed E-state index contributed by atoms with van der Waals surface area (Å²) in [5, 5.41) is 0. The minimum absolute atomic E-state index is 0.469. The summed E-state index contributed by atoms with van der Waals surface area (Å²) in [5.74, 6) is 1.01. The van der Waals surface area contributed by atoms with E-state index in [-0.39, 0.29) is 0 Å². The van der Waals surface area contributed by atoms with Crippen LogP contribution in [0.5, 0.6) is 0 Å². The second-order valence-corrected chi connectivity index (χ2v) is 6.84. The second kappa shape index (κ2) is 6.81. The van der Waals surface area contributed by atoms with Gasteiger partial charge >= 0.3 is 0 Å². The Morgan fingerprint density at radius 1 is 1.12 bits per heavy atom. The fraction of sp³-hybridized carbons (Fsp3) is 0.333. The smallest absolute Gasteiger partial charge is 0.105 e. The number of likely N-dealkylation sites (tertiary alicyclic amines) is 1. The average Bonchev–Trinajstić information content (AvgIpc) is 3.23. The molecule has 0 amide bonds. The molecule has 0 aliphatic carbocycles. The van der Waals surface area contributed by atoms with E-state index in [1.54, 1.807) is 0 Å². The van der Waals surface area contributed by atoms with Gasteiger partial charge in [-0.3, -0.25) is 9.88 Å². The number of nitrogens with zero attached hydrogens (tertiary/aromatic N) is 4. The largest absolute Gasteiger partial charge is 0.330 e.